The minimum Gasteiger partial charge on any atom is -0.488 e. The fraction of sp³-hybridized carbons (Fsp3) is 0.526. The van der Waals surface area contributed by atoms with E-state index < -0.39 is 6.10 Å². The molecule has 25 heavy (non-hydrogen) atoms. The van der Waals surface area contributed by atoms with Crippen LogP contribution in [0.1, 0.15) is 18.7 Å². The molecule has 0 amide bonds. The molecule has 2 aromatic rings. The second-order valence-electron chi connectivity index (χ2n) is 7.32. The lowest BCUT2D eigenvalue weighted by atomic mass is 9.78. The highest BCUT2D eigenvalue weighted by Gasteiger charge is 2.42. The molecule has 1 N–H and O–H groups in total. The number of aliphatic hydroxyl groups excluding tert-OH is 1. The number of aliphatic hydroxyl groups is 1. The van der Waals surface area contributed by atoms with Crippen LogP contribution in [0.25, 0.3) is 0 Å². The van der Waals surface area contributed by atoms with Gasteiger partial charge in [-0.05, 0) is 42.9 Å². The highest BCUT2D eigenvalue weighted by molar-refractivity contribution is 6.30. The number of rotatable bonds is 4. The Labute approximate surface area is 153 Å². The fourth-order valence-corrected chi connectivity index (χ4v) is 4.39. The Morgan fingerprint density at radius 1 is 1.28 bits per heavy atom. The molecule has 0 unspecified atom stereocenters. The van der Waals surface area contributed by atoms with E-state index in [2.05, 4.69) is 14.5 Å². The van der Waals surface area contributed by atoms with Gasteiger partial charge in [-0.25, -0.2) is 4.98 Å². The highest BCUT2D eigenvalue weighted by atomic mass is 35.5. The van der Waals surface area contributed by atoms with Crippen molar-refractivity contribution in [2.24, 2.45) is 18.9 Å². The molecule has 1 aliphatic heterocycles. The normalized spacial score (nSPS) is 29.6. The first-order valence-electron chi connectivity index (χ1n) is 8.87. The molecule has 4 rings (SSSR count). The predicted molar refractivity (Wildman–Crippen MR) is 96.6 cm³/mol. The zero-order chi connectivity index (χ0) is 17.4. The van der Waals surface area contributed by atoms with Gasteiger partial charge in [-0.1, -0.05) is 17.7 Å². The van der Waals surface area contributed by atoms with Crippen LogP contribution < -0.4 is 4.74 Å². The van der Waals surface area contributed by atoms with Crippen LogP contribution in [0.2, 0.25) is 5.02 Å². The van der Waals surface area contributed by atoms with Gasteiger partial charge in [-0.15, -0.1) is 0 Å². The van der Waals surface area contributed by atoms with E-state index in [0.717, 1.165) is 44.0 Å². The van der Waals surface area contributed by atoms with E-state index in [-0.39, 0.29) is 6.10 Å². The Morgan fingerprint density at radius 3 is 2.80 bits per heavy atom. The average Bonchev–Trinajstić information content (AvgIpc) is 3.14. The Morgan fingerprint density at radius 2 is 2.08 bits per heavy atom. The standard InChI is InChI=1S/C19H24ClN3O2/c1-22-6-5-21-19(22)12-23-10-13-7-17(24)18(8-14(13)11-23)25-16-4-2-3-15(20)9-16/h2-6,9,13-14,17-18,24H,7-8,10-12H2,1H3/t13-,14+,17+,18+/m0/s1. The maximum absolute atomic E-state index is 10.5. The molecule has 4 atom stereocenters. The van der Waals surface area contributed by atoms with E-state index in [1.54, 1.807) is 0 Å². The summed E-state index contributed by atoms with van der Waals surface area (Å²) in [5.74, 6) is 2.92. The van der Waals surface area contributed by atoms with Gasteiger partial charge in [-0.3, -0.25) is 4.90 Å². The maximum atomic E-state index is 10.5. The number of hydrogen-bond donors (Lipinski definition) is 1. The number of aromatic nitrogens is 2. The summed E-state index contributed by atoms with van der Waals surface area (Å²) in [7, 11) is 2.03. The molecule has 6 heteroatoms. The van der Waals surface area contributed by atoms with Crippen molar-refractivity contribution < 1.29 is 9.84 Å². The van der Waals surface area contributed by atoms with E-state index in [1.165, 1.54) is 0 Å². The van der Waals surface area contributed by atoms with E-state index >= 15 is 0 Å². The number of nitrogens with zero attached hydrogens (tertiary/aromatic N) is 3. The van der Waals surface area contributed by atoms with Crippen molar-refractivity contribution in [1.82, 2.24) is 14.5 Å². The first kappa shape index (κ1) is 16.9. The van der Waals surface area contributed by atoms with Gasteiger partial charge in [0, 0.05) is 37.6 Å². The maximum Gasteiger partial charge on any atom is 0.125 e. The SMILES string of the molecule is Cn1ccnc1CN1C[C@H]2C[C@@H](Oc3cccc(Cl)c3)[C@H](O)C[C@H]2C1. The molecular weight excluding hydrogens is 338 g/mol. The van der Waals surface area contributed by atoms with E-state index in [1.807, 2.05) is 43.7 Å². The third-order valence-corrected chi connectivity index (χ3v) is 5.77. The molecular formula is C19H24ClN3O2. The summed E-state index contributed by atoms with van der Waals surface area (Å²) in [6.07, 6.45) is 4.93. The van der Waals surface area contributed by atoms with E-state index in [9.17, 15) is 5.11 Å². The average molecular weight is 362 g/mol. The summed E-state index contributed by atoms with van der Waals surface area (Å²) in [5.41, 5.74) is 0. The highest BCUT2D eigenvalue weighted by Crippen LogP contribution is 2.38. The van der Waals surface area contributed by atoms with Gasteiger partial charge >= 0.3 is 0 Å². The number of aryl methyl sites for hydroxylation is 1. The van der Waals surface area contributed by atoms with Crippen LogP contribution in [0, 0.1) is 11.8 Å². The molecule has 1 saturated heterocycles. The van der Waals surface area contributed by atoms with Gasteiger partial charge in [0.25, 0.3) is 0 Å². The van der Waals surface area contributed by atoms with Gasteiger partial charge in [-0.2, -0.15) is 0 Å². The first-order valence-corrected chi connectivity index (χ1v) is 9.25. The zero-order valence-corrected chi connectivity index (χ0v) is 15.1. The molecule has 0 spiro atoms. The number of halogens is 1. The summed E-state index contributed by atoms with van der Waals surface area (Å²) in [6, 6.07) is 7.41. The zero-order valence-electron chi connectivity index (χ0n) is 14.4. The first-order chi connectivity index (χ1) is 12.1. The Hall–Kier alpha value is -1.56. The Balaban J connectivity index is 1.39. The van der Waals surface area contributed by atoms with Crippen LogP contribution in [-0.2, 0) is 13.6 Å². The smallest absolute Gasteiger partial charge is 0.125 e. The largest absolute Gasteiger partial charge is 0.488 e. The molecule has 2 fully saturated rings. The van der Waals surface area contributed by atoms with Gasteiger partial charge in [0.1, 0.15) is 17.7 Å². The van der Waals surface area contributed by atoms with Crippen molar-refractivity contribution in [2.75, 3.05) is 13.1 Å². The van der Waals surface area contributed by atoms with Crippen LogP contribution in [-0.4, -0.2) is 44.9 Å². The molecule has 1 aromatic heterocycles. The lowest BCUT2D eigenvalue weighted by Gasteiger charge is -2.35. The van der Waals surface area contributed by atoms with Crippen molar-refractivity contribution in [3.8, 4) is 5.75 Å². The van der Waals surface area contributed by atoms with Crippen LogP contribution in [0.15, 0.2) is 36.7 Å². The quantitative estimate of drug-likeness (QED) is 0.909. The number of benzene rings is 1. The number of ether oxygens (including phenoxy) is 1. The van der Waals surface area contributed by atoms with Crippen LogP contribution in [0.5, 0.6) is 5.75 Å². The van der Waals surface area contributed by atoms with Crippen LogP contribution in [0.3, 0.4) is 0 Å². The fourth-order valence-electron chi connectivity index (χ4n) is 4.21. The van der Waals surface area contributed by atoms with Gasteiger partial charge in [0.05, 0.1) is 12.6 Å². The topological polar surface area (TPSA) is 50.5 Å². The number of hydrogen-bond acceptors (Lipinski definition) is 4. The minimum absolute atomic E-state index is 0.159. The monoisotopic (exact) mass is 361 g/mol. The summed E-state index contributed by atoms with van der Waals surface area (Å²) >= 11 is 6.03. The second-order valence-corrected chi connectivity index (χ2v) is 7.76. The second kappa shape index (κ2) is 6.98. The molecule has 2 aliphatic rings. The van der Waals surface area contributed by atoms with Gasteiger partial charge in [0.2, 0.25) is 0 Å². The van der Waals surface area contributed by atoms with Crippen molar-refractivity contribution in [1.29, 1.82) is 0 Å². The molecule has 1 aromatic carbocycles. The molecule has 0 bridgehead atoms. The van der Waals surface area contributed by atoms with Crippen molar-refractivity contribution >= 4 is 11.6 Å². The summed E-state index contributed by atoms with van der Waals surface area (Å²) in [4.78, 5) is 6.88. The van der Waals surface area contributed by atoms with Crippen molar-refractivity contribution in [3.05, 3.63) is 47.5 Å². The van der Waals surface area contributed by atoms with Gasteiger partial charge < -0.3 is 14.4 Å². The van der Waals surface area contributed by atoms with Gasteiger partial charge in [0.15, 0.2) is 0 Å². The lowest BCUT2D eigenvalue weighted by molar-refractivity contribution is -0.0231. The molecule has 2 heterocycles. The molecule has 5 nitrogen and oxygen atoms in total. The number of likely N-dealkylation sites (tertiary alicyclic amines) is 1. The van der Waals surface area contributed by atoms with Crippen LogP contribution in [0.4, 0.5) is 0 Å². The summed E-state index contributed by atoms with van der Waals surface area (Å²) in [5, 5.41) is 11.2. The molecule has 134 valence electrons. The third kappa shape index (κ3) is 3.68. The lowest BCUT2D eigenvalue weighted by Crippen LogP contribution is -2.42. The van der Waals surface area contributed by atoms with E-state index in [0.29, 0.717) is 16.9 Å². The van der Waals surface area contributed by atoms with Crippen molar-refractivity contribution in [2.45, 2.75) is 31.6 Å². The molecule has 1 saturated carbocycles. The number of fused-ring (bicyclic) bond motifs is 1. The Bertz CT molecular complexity index is 735. The summed E-state index contributed by atoms with van der Waals surface area (Å²) < 4.78 is 8.12. The molecule has 1 aliphatic carbocycles. The van der Waals surface area contributed by atoms with Crippen LogP contribution >= 0.6 is 11.6 Å². The summed E-state index contributed by atoms with van der Waals surface area (Å²) in [6.45, 7) is 2.94. The minimum atomic E-state index is -0.423. The Kier molecular flexibility index (Phi) is 4.71. The third-order valence-electron chi connectivity index (χ3n) is 5.53. The predicted octanol–water partition coefficient (Wildman–Crippen LogP) is 2.72. The van der Waals surface area contributed by atoms with Crippen molar-refractivity contribution in [3.63, 3.8) is 0 Å². The van der Waals surface area contributed by atoms with E-state index in [4.69, 9.17) is 16.3 Å². The number of imidazole rings is 1. The molecule has 0 radical (unpaired) electrons.